The van der Waals surface area contributed by atoms with Crippen molar-refractivity contribution in [3.05, 3.63) is 54.1 Å². The maximum atomic E-state index is 13.8. The van der Waals surface area contributed by atoms with E-state index in [9.17, 15) is 9.18 Å². The Hall–Kier alpha value is -2.27. The summed E-state index contributed by atoms with van der Waals surface area (Å²) >= 11 is 0. The number of likely N-dealkylation sites (tertiary alicyclic amines) is 1. The van der Waals surface area contributed by atoms with Gasteiger partial charge in [0.15, 0.2) is 0 Å². The van der Waals surface area contributed by atoms with E-state index in [0.29, 0.717) is 23.2 Å². The lowest BCUT2D eigenvalue weighted by Crippen LogP contribution is -2.33. The van der Waals surface area contributed by atoms with Crippen molar-refractivity contribution in [2.75, 3.05) is 26.2 Å². The lowest BCUT2D eigenvalue weighted by Gasteiger charge is -2.14. The maximum absolute atomic E-state index is 13.8. The molecule has 120 valence electrons. The second-order valence-corrected chi connectivity index (χ2v) is 5.74. The van der Waals surface area contributed by atoms with Gasteiger partial charge in [0.25, 0.3) is 5.91 Å². The Kier molecular flexibility index (Phi) is 4.98. The predicted molar refractivity (Wildman–Crippen MR) is 87.6 cm³/mol. The van der Waals surface area contributed by atoms with Gasteiger partial charge < -0.3 is 10.2 Å². The highest BCUT2D eigenvalue weighted by molar-refractivity contribution is 5.95. The number of hydrogen-bond acceptors (Lipinski definition) is 3. The van der Waals surface area contributed by atoms with Crippen molar-refractivity contribution in [3.63, 3.8) is 0 Å². The summed E-state index contributed by atoms with van der Waals surface area (Å²) in [5, 5.41) is 2.93. The van der Waals surface area contributed by atoms with E-state index in [1.54, 1.807) is 36.5 Å². The summed E-state index contributed by atoms with van der Waals surface area (Å²) < 4.78 is 13.8. The number of benzene rings is 1. The molecule has 0 atom stereocenters. The fourth-order valence-corrected chi connectivity index (χ4v) is 2.87. The zero-order valence-corrected chi connectivity index (χ0v) is 13.0. The van der Waals surface area contributed by atoms with E-state index in [1.807, 2.05) is 0 Å². The number of carbonyl (C=O) groups excluding carboxylic acids is 1. The molecular weight excluding hydrogens is 293 g/mol. The van der Waals surface area contributed by atoms with Crippen LogP contribution in [0.25, 0.3) is 11.1 Å². The Morgan fingerprint density at radius 1 is 1.26 bits per heavy atom. The summed E-state index contributed by atoms with van der Waals surface area (Å²) in [5.74, 6) is -0.514. The monoisotopic (exact) mass is 313 g/mol. The van der Waals surface area contributed by atoms with Crippen molar-refractivity contribution in [1.82, 2.24) is 15.2 Å². The molecule has 1 N–H and O–H groups in total. The second kappa shape index (κ2) is 7.33. The first-order valence-corrected chi connectivity index (χ1v) is 7.94. The van der Waals surface area contributed by atoms with Gasteiger partial charge in [0.05, 0.1) is 6.20 Å². The topological polar surface area (TPSA) is 45.2 Å². The average Bonchev–Trinajstić information content (AvgIpc) is 3.09. The van der Waals surface area contributed by atoms with Crippen LogP contribution in [0.2, 0.25) is 0 Å². The molecule has 1 aliphatic heterocycles. The van der Waals surface area contributed by atoms with Gasteiger partial charge in [-0.3, -0.25) is 9.78 Å². The van der Waals surface area contributed by atoms with Crippen LogP contribution in [0.1, 0.15) is 23.2 Å². The van der Waals surface area contributed by atoms with Crippen LogP contribution in [-0.2, 0) is 0 Å². The van der Waals surface area contributed by atoms with E-state index in [0.717, 1.165) is 19.6 Å². The zero-order chi connectivity index (χ0) is 16.1. The first kappa shape index (κ1) is 15.6. The van der Waals surface area contributed by atoms with Gasteiger partial charge in [-0.25, -0.2) is 4.39 Å². The summed E-state index contributed by atoms with van der Waals surface area (Å²) in [6, 6.07) is 8.63. The van der Waals surface area contributed by atoms with E-state index >= 15 is 0 Å². The van der Waals surface area contributed by atoms with Gasteiger partial charge in [-0.2, -0.15) is 0 Å². The minimum Gasteiger partial charge on any atom is -0.351 e. The van der Waals surface area contributed by atoms with Crippen LogP contribution in [0.4, 0.5) is 4.39 Å². The maximum Gasteiger partial charge on any atom is 0.251 e. The summed E-state index contributed by atoms with van der Waals surface area (Å²) in [6.45, 7) is 3.75. The fourth-order valence-electron chi connectivity index (χ4n) is 2.87. The molecule has 2 aromatic rings. The molecule has 0 saturated carbocycles. The zero-order valence-electron chi connectivity index (χ0n) is 13.0. The normalized spacial score (nSPS) is 14.8. The molecule has 1 aromatic carbocycles. The van der Waals surface area contributed by atoms with Crippen LogP contribution in [0, 0.1) is 5.82 Å². The van der Waals surface area contributed by atoms with Crippen molar-refractivity contribution < 1.29 is 9.18 Å². The predicted octanol–water partition coefficient (Wildman–Crippen LogP) is 2.71. The molecule has 0 radical (unpaired) electrons. The lowest BCUT2D eigenvalue weighted by molar-refractivity contribution is 0.0950. The number of rotatable bonds is 5. The summed E-state index contributed by atoms with van der Waals surface area (Å²) in [4.78, 5) is 18.3. The number of aromatic nitrogens is 1. The fraction of sp³-hybridized carbons (Fsp3) is 0.333. The van der Waals surface area contributed by atoms with Gasteiger partial charge in [0, 0.05) is 30.4 Å². The number of hydrogen-bond donors (Lipinski definition) is 1. The molecule has 0 spiro atoms. The van der Waals surface area contributed by atoms with Crippen LogP contribution in [-0.4, -0.2) is 42.0 Å². The third kappa shape index (κ3) is 3.93. The Balaban J connectivity index is 1.64. The van der Waals surface area contributed by atoms with Crippen LogP contribution in [0.5, 0.6) is 0 Å². The highest BCUT2D eigenvalue weighted by Gasteiger charge is 2.12. The number of nitrogens with one attached hydrogen (secondary N) is 1. The Bertz CT molecular complexity index is 683. The second-order valence-electron chi connectivity index (χ2n) is 5.74. The van der Waals surface area contributed by atoms with Crippen molar-refractivity contribution in [2.24, 2.45) is 0 Å². The van der Waals surface area contributed by atoms with E-state index in [4.69, 9.17) is 0 Å². The van der Waals surface area contributed by atoms with E-state index in [1.165, 1.54) is 19.0 Å². The molecule has 1 saturated heterocycles. The quantitative estimate of drug-likeness (QED) is 0.923. The third-order valence-corrected chi connectivity index (χ3v) is 4.12. The lowest BCUT2D eigenvalue weighted by atomic mass is 10.0. The standard InChI is InChI=1S/C18H20FN3O/c19-17-13-20-7-6-16(17)14-4-3-5-15(12-14)18(23)21-8-11-22-9-1-2-10-22/h3-7,12-13H,1-2,8-11H2,(H,21,23). The number of amides is 1. The molecule has 1 amide bonds. The number of pyridine rings is 1. The van der Waals surface area contributed by atoms with Gasteiger partial charge in [-0.05, 0) is 49.7 Å². The molecule has 4 nitrogen and oxygen atoms in total. The molecular formula is C18H20FN3O. The van der Waals surface area contributed by atoms with Crippen molar-refractivity contribution in [1.29, 1.82) is 0 Å². The van der Waals surface area contributed by atoms with E-state index < -0.39 is 0 Å². The first-order chi connectivity index (χ1) is 11.2. The molecule has 5 heteroatoms. The molecule has 1 aromatic heterocycles. The van der Waals surface area contributed by atoms with Crippen molar-refractivity contribution in [3.8, 4) is 11.1 Å². The highest BCUT2D eigenvalue weighted by Crippen LogP contribution is 2.22. The smallest absolute Gasteiger partial charge is 0.251 e. The molecule has 23 heavy (non-hydrogen) atoms. The molecule has 1 aliphatic rings. The average molecular weight is 313 g/mol. The Morgan fingerprint density at radius 2 is 2.09 bits per heavy atom. The van der Waals surface area contributed by atoms with Crippen molar-refractivity contribution >= 4 is 5.91 Å². The van der Waals surface area contributed by atoms with Crippen LogP contribution in [0.3, 0.4) is 0 Å². The van der Waals surface area contributed by atoms with Gasteiger partial charge in [0.2, 0.25) is 0 Å². The third-order valence-electron chi connectivity index (χ3n) is 4.12. The largest absolute Gasteiger partial charge is 0.351 e. The summed E-state index contributed by atoms with van der Waals surface area (Å²) in [5.41, 5.74) is 1.67. The first-order valence-electron chi connectivity index (χ1n) is 7.94. The Labute approximate surface area is 135 Å². The molecule has 0 bridgehead atoms. The Morgan fingerprint density at radius 3 is 2.87 bits per heavy atom. The molecule has 3 rings (SSSR count). The summed E-state index contributed by atoms with van der Waals surface area (Å²) in [6.07, 6.45) is 5.21. The number of halogens is 1. The summed E-state index contributed by atoms with van der Waals surface area (Å²) in [7, 11) is 0. The van der Waals surface area contributed by atoms with Crippen LogP contribution >= 0.6 is 0 Å². The van der Waals surface area contributed by atoms with Gasteiger partial charge >= 0.3 is 0 Å². The SMILES string of the molecule is O=C(NCCN1CCCC1)c1cccc(-c2ccncc2F)c1. The van der Waals surface area contributed by atoms with Gasteiger partial charge in [-0.15, -0.1) is 0 Å². The molecule has 1 fully saturated rings. The van der Waals surface area contributed by atoms with Crippen LogP contribution in [0.15, 0.2) is 42.7 Å². The van der Waals surface area contributed by atoms with E-state index in [2.05, 4.69) is 15.2 Å². The minimum absolute atomic E-state index is 0.125. The van der Waals surface area contributed by atoms with Gasteiger partial charge in [-0.1, -0.05) is 12.1 Å². The number of carbonyl (C=O) groups is 1. The molecule has 2 heterocycles. The van der Waals surface area contributed by atoms with Gasteiger partial charge in [0.1, 0.15) is 5.82 Å². The highest BCUT2D eigenvalue weighted by atomic mass is 19.1. The molecule has 0 aliphatic carbocycles. The number of nitrogens with zero attached hydrogens (tertiary/aromatic N) is 2. The molecule has 0 unspecified atom stereocenters. The minimum atomic E-state index is -0.390. The van der Waals surface area contributed by atoms with Crippen LogP contribution < -0.4 is 5.32 Å². The van der Waals surface area contributed by atoms with E-state index in [-0.39, 0.29) is 11.7 Å². The van der Waals surface area contributed by atoms with Crippen molar-refractivity contribution in [2.45, 2.75) is 12.8 Å².